The lowest BCUT2D eigenvalue weighted by Gasteiger charge is -2.29. The summed E-state index contributed by atoms with van der Waals surface area (Å²) in [4.78, 5) is 0. The van der Waals surface area contributed by atoms with Gasteiger partial charge in [0.05, 0.1) is 6.10 Å². The van der Waals surface area contributed by atoms with Gasteiger partial charge in [-0.05, 0) is 43.0 Å². The summed E-state index contributed by atoms with van der Waals surface area (Å²) in [6.45, 7) is 1.92. The average molecular weight is 210 g/mol. The summed E-state index contributed by atoms with van der Waals surface area (Å²) in [5, 5.41) is 9.66. The van der Waals surface area contributed by atoms with Crippen molar-refractivity contribution in [2.24, 2.45) is 0 Å². The number of hydrogen-bond donors (Lipinski definition) is 1. The van der Waals surface area contributed by atoms with Gasteiger partial charge in [-0.25, -0.2) is 4.39 Å². The topological polar surface area (TPSA) is 29.5 Å². The van der Waals surface area contributed by atoms with Crippen molar-refractivity contribution < 1.29 is 14.2 Å². The third-order valence-electron chi connectivity index (χ3n) is 2.85. The number of aliphatic hydroxyl groups is 1. The standard InChI is InChI=1S/C12H15FO2/c1-2-10(14)12-5-3-8-7-9(13)4-6-11(8)15-12/h4,6-7,10,12,14H,2-3,5H2,1H3/t10-,12-/m1/s1. The minimum Gasteiger partial charge on any atom is -0.487 e. The van der Waals surface area contributed by atoms with Crippen LogP contribution < -0.4 is 4.74 Å². The molecule has 0 unspecified atom stereocenters. The summed E-state index contributed by atoms with van der Waals surface area (Å²) >= 11 is 0. The maximum Gasteiger partial charge on any atom is 0.125 e. The van der Waals surface area contributed by atoms with Crippen LogP contribution in [0.2, 0.25) is 0 Å². The molecular weight excluding hydrogens is 195 g/mol. The van der Waals surface area contributed by atoms with Gasteiger partial charge in [-0.2, -0.15) is 0 Å². The number of aliphatic hydroxyl groups excluding tert-OH is 1. The Morgan fingerprint density at radius 3 is 3.13 bits per heavy atom. The zero-order valence-electron chi connectivity index (χ0n) is 8.74. The van der Waals surface area contributed by atoms with E-state index in [4.69, 9.17) is 4.74 Å². The lowest BCUT2D eigenvalue weighted by atomic mass is 9.98. The molecule has 0 radical (unpaired) electrons. The van der Waals surface area contributed by atoms with Gasteiger partial charge in [0.25, 0.3) is 0 Å². The molecule has 1 N–H and O–H groups in total. The molecule has 0 fully saturated rings. The molecule has 0 aromatic heterocycles. The van der Waals surface area contributed by atoms with Crippen molar-refractivity contribution in [2.45, 2.75) is 38.4 Å². The number of benzene rings is 1. The van der Waals surface area contributed by atoms with Crippen LogP contribution in [0, 0.1) is 5.82 Å². The predicted molar refractivity (Wildman–Crippen MR) is 55.4 cm³/mol. The third kappa shape index (κ3) is 2.12. The van der Waals surface area contributed by atoms with E-state index in [0.717, 1.165) is 18.4 Å². The van der Waals surface area contributed by atoms with Crippen LogP contribution in [-0.4, -0.2) is 17.3 Å². The van der Waals surface area contributed by atoms with Crippen LogP contribution >= 0.6 is 0 Å². The second kappa shape index (κ2) is 4.19. The molecule has 1 aliphatic heterocycles. The number of hydrogen-bond acceptors (Lipinski definition) is 2. The van der Waals surface area contributed by atoms with Crippen LogP contribution in [0.25, 0.3) is 0 Å². The zero-order chi connectivity index (χ0) is 10.8. The highest BCUT2D eigenvalue weighted by molar-refractivity contribution is 5.35. The average Bonchev–Trinajstić information content (AvgIpc) is 2.27. The Morgan fingerprint density at radius 2 is 2.40 bits per heavy atom. The molecule has 0 spiro atoms. The molecule has 0 saturated carbocycles. The molecule has 1 aliphatic rings. The van der Waals surface area contributed by atoms with Gasteiger partial charge in [0.15, 0.2) is 0 Å². The summed E-state index contributed by atoms with van der Waals surface area (Å²) in [6, 6.07) is 4.53. The first-order valence-electron chi connectivity index (χ1n) is 5.34. The molecule has 0 aliphatic carbocycles. The highest BCUT2D eigenvalue weighted by Gasteiger charge is 2.25. The summed E-state index contributed by atoms with van der Waals surface area (Å²) in [5.74, 6) is 0.479. The molecule has 2 rings (SSSR count). The van der Waals surface area contributed by atoms with Crippen LogP contribution in [0.3, 0.4) is 0 Å². The first kappa shape index (κ1) is 10.4. The molecule has 1 heterocycles. The van der Waals surface area contributed by atoms with E-state index in [2.05, 4.69) is 0 Å². The number of rotatable bonds is 2. The highest BCUT2D eigenvalue weighted by Crippen LogP contribution is 2.29. The van der Waals surface area contributed by atoms with Crippen LogP contribution in [0.4, 0.5) is 4.39 Å². The van der Waals surface area contributed by atoms with E-state index in [9.17, 15) is 9.50 Å². The van der Waals surface area contributed by atoms with E-state index >= 15 is 0 Å². The van der Waals surface area contributed by atoms with Crippen LogP contribution in [0.1, 0.15) is 25.3 Å². The van der Waals surface area contributed by atoms with Gasteiger partial charge < -0.3 is 9.84 Å². The lowest BCUT2D eigenvalue weighted by molar-refractivity contribution is 0.0219. The summed E-state index contributed by atoms with van der Waals surface area (Å²) in [6.07, 6.45) is 1.64. The summed E-state index contributed by atoms with van der Waals surface area (Å²) in [7, 11) is 0. The van der Waals surface area contributed by atoms with E-state index < -0.39 is 6.10 Å². The van der Waals surface area contributed by atoms with Crippen molar-refractivity contribution in [3.63, 3.8) is 0 Å². The van der Waals surface area contributed by atoms with Gasteiger partial charge in [-0.3, -0.25) is 0 Å². The largest absolute Gasteiger partial charge is 0.487 e. The molecule has 3 heteroatoms. The fourth-order valence-corrected chi connectivity index (χ4v) is 1.91. The summed E-state index contributed by atoms with van der Waals surface area (Å²) in [5.41, 5.74) is 0.898. The zero-order valence-corrected chi connectivity index (χ0v) is 8.74. The maximum atomic E-state index is 12.9. The fraction of sp³-hybridized carbons (Fsp3) is 0.500. The Hall–Kier alpha value is -1.09. The SMILES string of the molecule is CC[C@@H](O)[C@H]1CCc2cc(F)ccc2O1. The minimum absolute atomic E-state index is 0.145. The molecule has 0 saturated heterocycles. The Kier molecular flexibility index (Phi) is 2.91. The second-order valence-electron chi connectivity index (χ2n) is 3.92. The Bertz CT molecular complexity index is 351. The van der Waals surface area contributed by atoms with Crippen molar-refractivity contribution >= 4 is 0 Å². The first-order chi connectivity index (χ1) is 7.20. The van der Waals surface area contributed by atoms with Crippen LogP contribution in [0.5, 0.6) is 5.75 Å². The monoisotopic (exact) mass is 210 g/mol. The van der Waals surface area contributed by atoms with Crippen molar-refractivity contribution in [1.82, 2.24) is 0 Å². The fourth-order valence-electron chi connectivity index (χ4n) is 1.91. The smallest absolute Gasteiger partial charge is 0.125 e. The normalized spacial score (nSPS) is 21.7. The van der Waals surface area contributed by atoms with Gasteiger partial charge >= 0.3 is 0 Å². The second-order valence-corrected chi connectivity index (χ2v) is 3.92. The molecule has 2 atom stereocenters. The Morgan fingerprint density at radius 1 is 1.60 bits per heavy atom. The summed E-state index contributed by atoms with van der Waals surface area (Å²) < 4.78 is 18.5. The third-order valence-corrected chi connectivity index (χ3v) is 2.85. The van der Waals surface area contributed by atoms with Crippen LogP contribution in [0.15, 0.2) is 18.2 Å². The van der Waals surface area contributed by atoms with E-state index in [-0.39, 0.29) is 11.9 Å². The molecule has 15 heavy (non-hydrogen) atoms. The number of aryl methyl sites for hydroxylation is 1. The molecular formula is C12H15FO2. The first-order valence-corrected chi connectivity index (χ1v) is 5.34. The molecule has 2 nitrogen and oxygen atoms in total. The van der Waals surface area contributed by atoms with Gasteiger partial charge in [-0.1, -0.05) is 6.92 Å². The maximum absolute atomic E-state index is 12.9. The lowest BCUT2D eigenvalue weighted by Crippen LogP contribution is -2.34. The number of ether oxygens (including phenoxy) is 1. The van der Waals surface area contributed by atoms with E-state index in [1.54, 1.807) is 6.07 Å². The number of halogens is 1. The molecule has 0 bridgehead atoms. The van der Waals surface area contributed by atoms with Crippen molar-refractivity contribution in [1.29, 1.82) is 0 Å². The van der Waals surface area contributed by atoms with Crippen molar-refractivity contribution in [3.05, 3.63) is 29.6 Å². The van der Waals surface area contributed by atoms with E-state index in [1.807, 2.05) is 6.92 Å². The van der Waals surface area contributed by atoms with Gasteiger partial charge in [0.2, 0.25) is 0 Å². The van der Waals surface area contributed by atoms with Gasteiger partial charge in [0, 0.05) is 0 Å². The highest BCUT2D eigenvalue weighted by atomic mass is 19.1. The Labute approximate surface area is 88.7 Å². The Balaban J connectivity index is 2.16. The molecule has 1 aromatic rings. The van der Waals surface area contributed by atoms with E-state index in [1.165, 1.54) is 12.1 Å². The van der Waals surface area contributed by atoms with Gasteiger partial charge in [-0.15, -0.1) is 0 Å². The van der Waals surface area contributed by atoms with Crippen LogP contribution in [-0.2, 0) is 6.42 Å². The molecule has 82 valence electrons. The van der Waals surface area contributed by atoms with Gasteiger partial charge in [0.1, 0.15) is 17.7 Å². The van der Waals surface area contributed by atoms with E-state index in [0.29, 0.717) is 12.2 Å². The molecule has 1 aromatic carbocycles. The quantitative estimate of drug-likeness (QED) is 0.811. The predicted octanol–water partition coefficient (Wildman–Crippen LogP) is 2.29. The molecule has 0 amide bonds. The minimum atomic E-state index is -0.428. The number of fused-ring (bicyclic) bond motifs is 1. The van der Waals surface area contributed by atoms with Crippen molar-refractivity contribution in [3.8, 4) is 5.75 Å². The van der Waals surface area contributed by atoms with Crippen molar-refractivity contribution in [2.75, 3.05) is 0 Å².